The molecule has 26 heavy (non-hydrogen) atoms. The summed E-state index contributed by atoms with van der Waals surface area (Å²) in [6.45, 7) is 11.0. The van der Waals surface area contributed by atoms with Gasteiger partial charge in [-0.15, -0.1) is 10.2 Å². The zero-order valence-electron chi connectivity index (χ0n) is 14.2. The van der Waals surface area contributed by atoms with Crippen molar-refractivity contribution in [1.29, 1.82) is 0 Å². The van der Waals surface area contributed by atoms with Crippen molar-refractivity contribution in [3.8, 4) is 5.95 Å². The lowest BCUT2D eigenvalue weighted by atomic mass is 10.4. The van der Waals surface area contributed by atoms with Gasteiger partial charge in [-0.25, -0.2) is 19.5 Å². The molecule has 0 aliphatic carbocycles. The molecule has 0 aliphatic rings. The van der Waals surface area contributed by atoms with Crippen LogP contribution in [0.4, 0.5) is 17.2 Å². The van der Waals surface area contributed by atoms with Gasteiger partial charge in [-0.05, 0) is 19.9 Å². The van der Waals surface area contributed by atoms with E-state index in [1.807, 2.05) is 20.9 Å². The standard InChI is InChI=1S/C15H13N11/c1-9-12(14-24(4)23-10(2)25(14)22-9)20-21-13-11(16-3)8-19-26(13)15-17-6-5-7-18-15/h5-8H,1-2,4H3/b21-20+. The molecule has 128 valence electrons. The van der Waals surface area contributed by atoms with E-state index in [0.717, 1.165) is 11.5 Å². The number of aryl methyl sites for hydroxylation is 3. The first-order valence-corrected chi connectivity index (χ1v) is 7.63. The summed E-state index contributed by atoms with van der Waals surface area (Å²) >= 11 is 0. The molecule has 0 bridgehead atoms. The summed E-state index contributed by atoms with van der Waals surface area (Å²) < 4.78 is 4.77. The fourth-order valence-corrected chi connectivity index (χ4v) is 2.60. The molecule has 4 rings (SSSR count). The molecule has 4 heterocycles. The Bertz CT molecular complexity index is 1170. The summed E-state index contributed by atoms with van der Waals surface area (Å²) in [5.41, 5.74) is 2.25. The van der Waals surface area contributed by atoms with E-state index in [4.69, 9.17) is 6.57 Å². The van der Waals surface area contributed by atoms with Crippen LogP contribution in [-0.4, -0.2) is 39.1 Å². The van der Waals surface area contributed by atoms with E-state index < -0.39 is 0 Å². The van der Waals surface area contributed by atoms with Crippen molar-refractivity contribution in [2.24, 2.45) is 17.3 Å². The molecule has 0 fully saturated rings. The van der Waals surface area contributed by atoms with Gasteiger partial charge >= 0.3 is 0 Å². The van der Waals surface area contributed by atoms with E-state index in [2.05, 4.69) is 40.3 Å². The van der Waals surface area contributed by atoms with E-state index in [9.17, 15) is 0 Å². The lowest BCUT2D eigenvalue weighted by Crippen LogP contribution is -2.00. The van der Waals surface area contributed by atoms with Gasteiger partial charge in [-0.2, -0.15) is 24.5 Å². The average Bonchev–Trinajstić information content (AvgIpc) is 3.28. The van der Waals surface area contributed by atoms with Crippen LogP contribution in [0.25, 0.3) is 16.4 Å². The molecule has 11 heteroatoms. The van der Waals surface area contributed by atoms with E-state index in [0.29, 0.717) is 17.3 Å². The molecule has 4 aromatic heterocycles. The first-order valence-electron chi connectivity index (χ1n) is 7.63. The van der Waals surface area contributed by atoms with Gasteiger partial charge in [-0.1, -0.05) is 0 Å². The second kappa shape index (κ2) is 5.85. The highest BCUT2D eigenvalue weighted by Crippen LogP contribution is 2.33. The number of hydrogen-bond acceptors (Lipinski definition) is 7. The molecule has 0 atom stereocenters. The monoisotopic (exact) mass is 347 g/mol. The second-order valence-corrected chi connectivity index (χ2v) is 5.47. The van der Waals surface area contributed by atoms with Gasteiger partial charge in [0.25, 0.3) is 11.6 Å². The Morgan fingerprint density at radius 2 is 1.88 bits per heavy atom. The zero-order chi connectivity index (χ0) is 18.3. The van der Waals surface area contributed by atoms with Gasteiger partial charge < -0.3 is 0 Å². The van der Waals surface area contributed by atoms with Gasteiger partial charge in [0, 0.05) is 19.4 Å². The molecule has 0 unspecified atom stereocenters. The number of nitrogens with zero attached hydrogens (tertiary/aromatic N) is 11. The molecule has 0 amide bonds. The molecule has 0 saturated carbocycles. The predicted octanol–water partition coefficient (Wildman–Crippen LogP) is 2.63. The van der Waals surface area contributed by atoms with Crippen LogP contribution in [-0.2, 0) is 7.05 Å². The van der Waals surface area contributed by atoms with Crippen molar-refractivity contribution in [1.82, 2.24) is 39.1 Å². The van der Waals surface area contributed by atoms with Gasteiger partial charge in [0.1, 0.15) is 5.82 Å². The highest BCUT2D eigenvalue weighted by Gasteiger charge is 2.17. The van der Waals surface area contributed by atoms with Crippen LogP contribution in [0.2, 0.25) is 0 Å². The van der Waals surface area contributed by atoms with Crippen molar-refractivity contribution < 1.29 is 0 Å². The van der Waals surface area contributed by atoms with Crippen LogP contribution in [0, 0.1) is 20.4 Å². The summed E-state index contributed by atoms with van der Waals surface area (Å²) in [5.74, 6) is 1.31. The molecule has 0 aliphatic heterocycles. The Labute approximate surface area is 147 Å². The van der Waals surface area contributed by atoms with Crippen LogP contribution in [0.3, 0.4) is 0 Å². The van der Waals surface area contributed by atoms with E-state index in [-0.39, 0.29) is 11.5 Å². The fourth-order valence-electron chi connectivity index (χ4n) is 2.60. The molecule has 0 aromatic carbocycles. The summed E-state index contributed by atoms with van der Waals surface area (Å²) in [4.78, 5) is 11.7. The van der Waals surface area contributed by atoms with Gasteiger partial charge in [-0.3, -0.25) is 0 Å². The Kier molecular flexibility index (Phi) is 3.51. The number of fused-ring (bicyclic) bond motifs is 1. The van der Waals surface area contributed by atoms with E-state index in [1.54, 1.807) is 27.7 Å². The van der Waals surface area contributed by atoms with Gasteiger partial charge in [0.2, 0.25) is 0 Å². The largest absolute Gasteiger partial charge is 0.252 e. The lowest BCUT2D eigenvalue weighted by Gasteiger charge is -2.01. The predicted molar refractivity (Wildman–Crippen MR) is 91.0 cm³/mol. The van der Waals surface area contributed by atoms with Crippen LogP contribution < -0.4 is 0 Å². The Morgan fingerprint density at radius 1 is 1.12 bits per heavy atom. The summed E-state index contributed by atoms with van der Waals surface area (Å²) in [6.07, 6.45) is 4.59. The summed E-state index contributed by atoms with van der Waals surface area (Å²) in [6, 6.07) is 1.70. The van der Waals surface area contributed by atoms with Crippen molar-refractivity contribution in [2.45, 2.75) is 13.8 Å². The number of azo groups is 1. The molecule has 11 nitrogen and oxygen atoms in total. The molecule has 0 saturated heterocycles. The molecular formula is C15H13N11. The first kappa shape index (κ1) is 15.6. The Morgan fingerprint density at radius 3 is 2.62 bits per heavy atom. The highest BCUT2D eigenvalue weighted by atomic mass is 15.5. The minimum absolute atomic E-state index is 0.253. The van der Waals surface area contributed by atoms with Gasteiger partial charge in [0.05, 0.1) is 18.5 Å². The third-order valence-corrected chi connectivity index (χ3v) is 3.74. The van der Waals surface area contributed by atoms with Crippen LogP contribution >= 0.6 is 0 Å². The normalized spacial score (nSPS) is 11.5. The van der Waals surface area contributed by atoms with Crippen molar-refractivity contribution in [2.75, 3.05) is 0 Å². The number of rotatable bonds is 3. The second-order valence-electron chi connectivity index (χ2n) is 5.47. The Hall–Kier alpha value is -3.94. The van der Waals surface area contributed by atoms with E-state index in [1.165, 1.54) is 10.9 Å². The van der Waals surface area contributed by atoms with Gasteiger partial charge in [0.15, 0.2) is 17.2 Å². The number of aromatic nitrogens is 8. The first-order chi connectivity index (χ1) is 12.6. The molecule has 0 radical (unpaired) electrons. The summed E-state index contributed by atoms with van der Waals surface area (Å²) in [7, 11) is 1.81. The molecular weight excluding hydrogens is 334 g/mol. The maximum Gasteiger partial charge on any atom is 0.252 e. The molecule has 0 spiro atoms. The van der Waals surface area contributed by atoms with Crippen LogP contribution in [0.1, 0.15) is 11.5 Å². The lowest BCUT2D eigenvalue weighted by molar-refractivity contribution is 0.777. The number of hydrogen-bond donors (Lipinski definition) is 0. The zero-order valence-corrected chi connectivity index (χ0v) is 14.2. The summed E-state index contributed by atoms with van der Waals surface area (Å²) in [5, 5.41) is 21.5. The maximum atomic E-state index is 7.32. The van der Waals surface area contributed by atoms with Crippen molar-refractivity contribution >= 4 is 22.8 Å². The van der Waals surface area contributed by atoms with Crippen molar-refractivity contribution in [3.63, 3.8) is 0 Å². The highest BCUT2D eigenvalue weighted by molar-refractivity contribution is 5.68. The van der Waals surface area contributed by atoms with E-state index >= 15 is 0 Å². The SMILES string of the molecule is [C-]#[N+]c1cnn(-c2ncccn2)c1/N=N/c1c(C)nn2c(C)nn(C)c12. The van der Waals surface area contributed by atoms with Crippen molar-refractivity contribution in [3.05, 3.63) is 47.6 Å². The third kappa shape index (κ3) is 2.32. The minimum Gasteiger partial charge on any atom is -0.247 e. The average molecular weight is 347 g/mol. The molecule has 4 aromatic rings. The fraction of sp³-hybridized carbons (Fsp3) is 0.200. The van der Waals surface area contributed by atoms with Crippen LogP contribution in [0.5, 0.6) is 0 Å². The maximum absolute atomic E-state index is 7.32. The smallest absolute Gasteiger partial charge is 0.247 e. The quantitative estimate of drug-likeness (QED) is 0.418. The third-order valence-electron chi connectivity index (χ3n) is 3.74. The topological polar surface area (TPSA) is 108 Å². The Balaban J connectivity index is 1.85. The van der Waals surface area contributed by atoms with Crippen LogP contribution in [0.15, 0.2) is 34.9 Å². The molecule has 0 N–H and O–H groups in total. The minimum atomic E-state index is 0.253.